The molecule has 3 aromatic rings. The van der Waals surface area contributed by atoms with Gasteiger partial charge in [-0.05, 0) is 42.1 Å². The molecule has 0 aliphatic heterocycles. The Morgan fingerprint density at radius 1 is 1.19 bits per heavy atom. The van der Waals surface area contributed by atoms with Crippen LogP contribution >= 0.6 is 22.7 Å². The lowest BCUT2D eigenvalue weighted by molar-refractivity contribution is -0.120. The second-order valence-electron chi connectivity index (χ2n) is 5.51. The summed E-state index contributed by atoms with van der Waals surface area (Å²) in [5.74, 6) is -0.903. The minimum absolute atomic E-state index is 0.118. The van der Waals surface area contributed by atoms with Crippen LogP contribution in [0.1, 0.15) is 21.7 Å². The summed E-state index contributed by atoms with van der Waals surface area (Å²) in [6.45, 7) is -0.118. The van der Waals surface area contributed by atoms with Crippen LogP contribution in [-0.2, 0) is 11.2 Å². The molecule has 5 nitrogen and oxygen atoms in total. The van der Waals surface area contributed by atoms with E-state index in [9.17, 15) is 14.0 Å². The average molecular weight is 389 g/mol. The van der Waals surface area contributed by atoms with E-state index in [1.807, 2.05) is 17.5 Å². The zero-order chi connectivity index (χ0) is 18.5. The molecule has 2 aromatic heterocycles. The number of Topliss-reactive ketones (excluding diaryl/α,β-unsaturated/α-hetero) is 1. The number of aromatic nitrogens is 1. The Labute approximate surface area is 157 Å². The predicted molar refractivity (Wildman–Crippen MR) is 102 cm³/mol. The maximum absolute atomic E-state index is 12.9. The summed E-state index contributed by atoms with van der Waals surface area (Å²) in [4.78, 5) is 30.3. The van der Waals surface area contributed by atoms with E-state index < -0.39 is 5.82 Å². The zero-order valence-electron chi connectivity index (χ0n) is 13.7. The molecule has 1 aromatic carbocycles. The maximum Gasteiger partial charge on any atom is 0.220 e. The van der Waals surface area contributed by atoms with Crippen LogP contribution in [0.5, 0.6) is 0 Å². The van der Waals surface area contributed by atoms with Gasteiger partial charge in [-0.25, -0.2) is 9.37 Å². The van der Waals surface area contributed by atoms with Gasteiger partial charge < -0.3 is 11.1 Å². The Morgan fingerprint density at radius 2 is 1.96 bits per heavy atom. The van der Waals surface area contributed by atoms with E-state index in [1.165, 1.54) is 35.6 Å². The van der Waals surface area contributed by atoms with Gasteiger partial charge in [0.1, 0.15) is 5.82 Å². The molecule has 0 fully saturated rings. The van der Waals surface area contributed by atoms with Crippen LogP contribution in [0.25, 0.3) is 10.6 Å². The number of carbonyl (C=O) groups is 2. The topological polar surface area (TPSA) is 85.1 Å². The number of carbonyl (C=O) groups excluding carboxylic acids is 2. The second-order valence-corrected chi connectivity index (χ2v) is 7.57. The number of ketones is 1. The molecular formula is C18H16FN3O2S2. The first-order valence-corrected chi connectivity index (χ1v) is 9.57. The number of hydrogen-bond acceptors (Lipinski definition) is 6. The van der Waals surface area contributed by atoms with Crippen molar-refractivity contribution >= 4 is 39.5 Å². The molecule has 0 saturated heterocycles. The number of nitrogen functional groups attached to an aromatic ring is 1. The summed E-state index contributed by atoms with van der Waals surface area (Å²) in [7, 11) is 0. The van der Waals surface area contributed by atoms with Crippen LogP contribution in [0.4, 0.5) is 9.52 Å². The van der Waals surface area contributed by atoms with Crippen LogP contribution < -0.4 is 11.1 Å². The van der Waals surface area contributed by atoms with Crippen molar-refractivity contribution in [2.24, 2.45) is 0 Å². The first-order valence-electron chi connectivity index (χ1n) is 7.87. The fourth-order valence-corrected chi connectivity index (χ4v) is 4.03. The quantitative estimate of drug-likeness (QED) is 0.606. The Morgan fingerprint density at radius 3 is 2.65 bits per heavy atom. The molecule has 8 heteroatoms. The average Bonchev–Trinajstić information content (AvgIpc) is 3.27. The second kappa shape index (κ2) is 8.20. The van der Waals surface area contributed by atoms with Crippen molar-refractivity contribution < 1.29 is 14.0 Å². The van der Waals surface area contributed by atoms with Gasteiger partial charge in [0.25, 0.3) is 0 Å². The van der Waals surface area contributed by atoms with Gasteiger partial charge in [0, 0.05) is 16.9 Å². The van der Waals surface area contributed by atoms with Gasteiger partial charge in [-0.15, -0.1) is 22.7 Å². The van der Waals surface area contributed by atoms with Gasteiger partial charge in [0.05, 0.1) is 17.1 Å². The molecule has 0 spiro atoms. The standard InChI is InChI=1S/C18H16FN3O2S2/c19-12-5-3-11(4-6-12)13(23)10-21-16(24)8-7-15-17(22-18(20)26-15)14-2-1-9-25-14/h1-6,9H,7-8,10H2,(H2,20,22)(H,21,24). The summed E-state index contributed by atoms with van der Waals surface area (Å²) in [6.07, 6.45) is 0.732. The first-order chi connectivity index (χ1) is 12.5. The molecular weight excluding hydrogens is 373 g/mol. The Balaban J connectivity index is 1.53. The van der Waals surface area contributed by atoms with Crippen molar-refractivity contribution in [3.8, 4) is 10.6 Å². The van der Waals surface area contributed by atoms with E-state index in [-0.39, 0.29) is 24.7 Å². The van der Waals surface area contributed by atoms with Gasteiger partial charge in [-0.1, -0.05) is 6.07 Å². The first kappa shape index (κ1) is 18.2. The van der Waals surface area contributed by atoms with Crippen molar-refractivity contribution in [1.82, 2.24) is 10.3 Å². The highest BCUT2D eigenvalue weighted by Gasteiger charge is 2.15. The lowest BCUT2D eigenvalue weighted by atomic mass is 10.1. The number of anilines is 1. The number of nitrogens with one attached hydrogen (secondary N) is 1. The van der Waals surface area contributed by atoms with Gasteiger partial charge >= 0.3 is 0 Å². The monoisotopic (exact) mass is 389 g/mol. The van der Waals surface area contributed by atoms with E-state index in [2.05, 4.69) is 10.3 Å². The number of aryl methyl sites for hydroxylation is 1. The van der Waals surface area contributed by atoms with Crippen LogP contribution in [0, 0.1) is 5.82 Å². The largest absolute Gasteiger partial charge is 0.375 e. The molecule has 0 atom stereocenters. The van der Waals surface area contributed by atoms with E-state index in [1.54, 1.807) is 11.3 Å². The highest BCUT2D eigenvalue weighted by Crippen LogP contribution is 2.33. The summed E-state index contributed by atoms with van der Waals surface area (Å²) in [5.41, 5.74) is 6.99. The lowest BCUT2D eigenvalue weighted by Crippen LogP contribution is -2.29. The molecule has 0 radical (unpaired) electrons. The molecule has 26 heavy (non-hydrogen) atoms. The molecule has 1 amide bonds. The Kier molecular flexibility index (Phi) is 5.75. The Bertz CT molecular complexity index is 905. The highest BCUT2D eigenvalue weighted by atomic mass is 32.1. The fourth-order valence-electron chi connectivity index (χ4n) is 2.38. The molecule has 3 rings (SSSR count). The summed E-state index contributed by atoms with van der Waals surface area (Å²) in [6, 6.07) is 9.14. The molecule has 0 aliphatic rings. The number of amides is 1. The predicted octanol–water partition coefficient (Wildman–Crippen LogP) is 3.52. The van der Waals surface area contributed by atoms with Gasteiger partial charge in [-0.2, -0.15) is 0 Å². The molecule has 3 N–H and O–H groups in total. The van der Waals surface area contributed by atoms with E-state index in [0.29, 0.717) is 17.1 Å². The number of halogens is 1. The van der Waals surface area contributed by atoms with Gasteiger partial charge in [0.2, 0.25) is 5.91 Å². The lowest BCUT2D eigenvalue weighted by Gasteiger charge is -2.05. The van der Waals surface area contributed by atoms with Crippen molar-refractivity contribution in [3.05, 3.63) is 58.0 Å². The summed E-state index contributed by atoms with van der Waals surface area (Å²) < 4.78 is 12.9. The summed E-state index contributed by atoms with van der Waals surface area (Å²) >= 11 is 2.94. The third kappa shape index (κ3) is 4.53. The number of hydrogen-bond donors (Lipinski definition) is 2. The van der Waals surface area contributed by atoms with Crippen LogP contribution in [0.3, 0.4) is 0 Å². The van der Waals surface area contributed by atoms with Crippen LogP contribution in [0.15, 0.2) is 41.8 Å². The molecule has 0 saturated carbocycles. The fraction of sp³-hybridized carbons (Fsp3) is 0.167. The third-order valence-corrected chi connectivity index (χ3v) is 5.48. The van der Waals surface area contributed by atoms with Crippen molar-refractivity contribution in [1.29, 1.82) is 0 Å². The molecule has 134 valence electrons. The Hall–Kier alpha value is -2.58. The number of rotatable bonds is 7. The van der Waals surface area contributed by atoms with E-state index >= 15 is 0 Å². The highest BCUT2D eigenvalue weighted by molar-refractivity contribution is 7.17. The van der Waals surface area contributed by atoms with Crippen molar-refractivity contribution in [3.63, 3.8) is 0 Å². The van der Waals surface area contributed by atoms with Crippen molar-refractivity contribution in [2.45, 2.75) is 12.8 Å². The third-order valence-electron chi connectivity index (χ3n) is 3.66. The van der Waals surface area contributed by atoms with Crippen molar-refractivity contribution in [2.75, 3.05) is 12.3 Å². The number of thiophene rings is 1. The number of thiazole rings is 1. The normalized spacial score (nSPS) is 10.7. The number of benzene rings is 1. The van der Waals surface area contributed by atoms with E-state index in [0.717, 1.165) is 15.4 Å². The maximum atomic E-state index is 12.9. The minimum atomic E-state index is -0.407. The smallest absolute Gasteiger partial charge is 0.220 e. The minimum Gasteiger partial charge on any atom is -0.375 e. The van der Waals surface area contributed by atoms with E-state index in [4.69, 9.17) is 5.73 Å². The van der Waals surface area contributed by atoms with Crippen LogP contribution in [-0.4, -0.2) is 23.2 Å². The molecule has 0 aliphatic carbocycles. The SMILES string of the molecule is Nc1nc(-c2cccs2)c(CCC(=O)NCC(=O)c2ccc(F)cc2)s1. The molecule has 0 bridgehead atoms. The zero-order valence-corrected chi connectivity index (χ0v) is 15.3. The summed E-state index contributed by atoms with van der Waals surface area (Å²) in [5, 5.41) is 5.03. The van der Waals surface area contributed by atoms with Gasteiger partial charge in [0.15, 0.2) is 10.9 Å². The molecule has 0 unspecified atom stereocenters. The number of nitrogens with zero attached hydrogens (tertiary/aromatic N) is 1. The number of nitrogens with two attached hydrogens (primary N) is 1. The molecule has 2 heterocycles. The van der Waals surface area contributed by atoms with Gasteiger partial charge in [-0.3, -0.25) is 9.59 Å². The van der Waals surface area contributed by atoms with Crippen LogP contribution in [0.2, 0.25) is 0 Å².